The fraction of sp³-hybridized carbons (Fsp3) is 0. The summed E-state index contributed by atoms with van der Waals surface area (Å²) < 4.78 is 37.2. The zero-order valence-corrected chi connectivity index (χ0v) is 15.7. The third-order valence-electron chi connectivity index (χ3n) is 4.02. The molecule has 8 nitrogen and oxygen atoms in total. The van der Waals surface area contributed by atoms with Crippen LogP contribution in [0.5, 0.6) is 0 Å². The molecule has 0 aliphatic carbocycles. The topological polar surface area (TPSA) is 123 Å². The van der Waals surface area contributed by atoms with Crippen LogP contribution in [-0.2, 0) is 10.0 Å². The summed E-state index contributed by atoms with van der Waals surface area (Å²) in [7, 11) is -3.85. The van der Waals surface area contributed by atoms with Crippen molar-refractivity contribution in [1.29, 1.82) is 0 Å². The Morgan fingerprint density at radius 2 is 1.72 bits per heavy atom. The van der Waals surface area contributed by atoms with Crippen molar-refractivity contribution in [2.45, 2.75) is 4.90 Å². The smallest absolute Gasteiger partial charge is 0.238 e. The Bertz CT molecular complexity index is 1310. The number of rotatable bonds is 5. The van der Waals surface area contributed by atoms with E-state index in [4.69, 9.17) is 5.14 Å². The van der Waals surface area contributed by atoms with Gasteiger partial charge in [0.05, 0.1) is 28.5 Å². The van der Waals surface area contributed by atoms with E-state index in [0.29, 0.717) is 11.4 Å². The first-order valence-electron chi connectivity index (χ1n) is 8.43. The molecule has 2 aromatic carbocycles. The van der Waals surface area contributed by atoms with E-state index >= 15 is 0 Å². The van der Waals surface area contributed by atoms with Gasteiger partial charge in [0, 0.05) is 11.1 Å². The van der Waals surface area contributed by atoms with Gasteiger partial charge in [-0.15, -0.1) is 0 Å². The molecule has 2 aromatic heterocycles. The van der Waals surface area contributed by atoms with Crippen LogP contribution in [0.4, 0.5) is 27.5 Å². The van der Waals surface area contributed by atoms with Crippen molar-refractivity contribution in [1.82, 2.24) is 15.0 Å². The highest BCUT2D eigenvalue weighted by Gasteiger charge is 2.11. The van der Waals surface area contributed by atoms with Crippen LogP contribution in [0.1, 0.15) is 0 Å². The first kappa shape index (κ1) is 18.7. The zero-order valence-electron chi connectivity index (χ0n) is 14.9. The summed E-state index contributed by atoms with van der Waals surface area (Å²) in [6.07, 6.45) is 2.59. The lowest BCUT2D eigenvalue weighted by molar-refractivity contribution is 0.598. The average Bonchev–Trinajstić information content (AvgIpc) is 2.70. The summed E-state index contributed by atoms with van der Waals surface area (Å²) in [4.78, 5) is 12.3. The van der Waals surface area contributed by atoms with Crippen molar-refractivity contribution in [3.05, 3.63) is 72.8 Å². The molecular weight excluding hydrogens is 395 g/mol. The van der Waals surface area contributed by atoms with Crippen molar-refractivity contribution in [3.63, 3.8) is 0 Å². The number of fused-ring (bicyclic) bond motifs is 1. The second-order valence-electron chi connectivity index (χ2n) is 6.13. The molecule has 0 atom stereocenters. The number of para-hydroxylation sites is 1. The largest absolute Gasteiger partial charge is 0.336 e. The highest BCUT2D eigenvalue weighted by Crippen LogP contribution is 2.23. The van der Waals surface area contributed by atoms with E-state index < -0.39 is 15.8 Å². The molecule has 0 saturated heterocycles. The summed E-state index contributed by atoms with van der Waals surface area (Å²) in [5, 5.41) is 11.7. The second-order valence-corrected chi connectivity index (χ2v) is 7.69. The van der Waals surface area contributed by atoms with Gasteiger partial charge in [0.25, 0.3) is 0 Å². The number of sulfonamides is 1. The lowest BCUT2D eigenvalue weighted by Gasteiger charge is -2.10. The van der Waals surface area contributed by atoms with Crippen molar-refractivity contribution < 1.29 is 12.8 Å². The van der Waals surface area contributed by atoms with Crippen LogP contribution < -0.4 is 15.8 Å². The van der Waals surface area contributed by atoms with Crippen molar-refractivity contribution >= 4 is 44.1 Å². The number of nitrogens with one attached hydrogen (secondary N) is 2. The zero-order chi connectivity index (χ0) is 20.4. The molecule has 0 fully saturated rings. The molecule has 4 aromatic rings. The maximum Gasteiger partial charge on any atom is 0.238 e. The van der Waals surface area contributed by atoms with E-state index in [2.05, 4.69) is 25.6 Å². The molecule has 0 unspecified atom stereocenters. The highest BCUT2D eigenvalue weighted by atomic mass is 32.2. The van der Waals surface area contributed by atoms with Crippen LogP contribution in [0.15, 0.2) is 71.9 Å². The maximum absolute atomic E-state index is 14.2. The second kappa shape index (κ2) is 7.41. The molecule has 10 heteroatoms. The van der Waals surface area contributed by atoms with Crippen LogP contribution in [-0.4, -0.2) is 23.4 Å². The Kier molecular flexibility index (Phi) is 4.79. The van der Waals surface area contributed by atoms with E-state index in [1.165, 1.54) is 18.2 Å². The first-order valence-corrected chi connectivity index (χ1v) is 9.97. The Balaban J connectivity index is 1.60. The van der Waals surface area contributed by atoms with Gasteiger partial charge in [0.1, 0.15) is 0 Å². The predicted molar refractivity (Wildman–Crippen MR) is 108 cm³/mol. The van der Waals surface area contributed by atoms with E-state index in [1.807, 2.05) is 30.3 Å². The number of hydrogen-bond donors (Lipinski definition) is 3. The molecular formula is C19H15FN6O2S. The van der Waals surface area contributed by atoms with Crippen molar-refractivity contribution in [2.75, 3.05) is 10.6 Å². The molecule has 29 heavy (non-hydrogen) atoms. The molecule has 0 aliphatic rings. The van der Waals surface area contributed by atoms with Gasteiger partial charge in [0.2, 0.25) is 16.0 Å². The van der Waals surface area contributed by atoms with E-state index in [-0.39, 0.29) is 16.7 Å². The number of aromatic nitrogens is 3. The summed E-state index contributed by atoms with van der Waals surface area (Å²) >= 11 is 0. The van der Waals surface area contributed by atoms with Crippen LogP contribution in [0, 0.1) is 5.82 Å². The maximum atomic E-state index is 14.2. The SMILES string of the molecule is NS(=O)(=O)c1cccc(Nc2ncc(F)c(Nc3cnc4ccccc4c3)n2)c1. The van der Waals surface area contributed by atoms with Gasteiger partial charge in [-0.1, -0.05) is 24.3 Å². The number of halogens is 1. The Labute approximate surface area is 165 Å². The molecule has 4 rings (SSSR count). The van der Waals surface area contributed by atoms with Gasteiger partial charge < -0.3 is 10.6 Å². The van der Waals surface area contributed by atoms with E-state index in [9.17, 15) is 12.8 Å². The first-order chi connectivity index (χ1) is 13.9. The quantitative estimate of drug-likeness (QED) is 0.461. The third-order valence-corrected chi connectivity index (χ3v) is 4.93. The van der Waals surface area contributed by atoms with Gasteiger partial charge in [-0.05, 0) is 30.3 Å². The number of primary sulfonamides is 1. The van der Waals surface area contributed by atoms with Crippen LogP contribution in [0.3, 0.4) is 0 Å². The molecule has 0 amide bonds. The minimum atomic E-state index is -3.85. The fourth-order valence-corrected chi connectivity index (χ4v) is 3.23. The Hall–Kier alpha value is -3.63. The monoisotopic (exact) mass is 410 g/mol. The Morgan fingerprint density at radius 3 is 2.55 bits per heavy atom. The third kappa shape index (κ3) is 4.28. The summed E-state index contributed by atoms with van der Waals surface area (Å²) in [5.74, 6) is -0.626. The highest BCUT2D eigenvalue weighted by molar-refractivity contribution is 7.89. The van der Waals surface area contributed by atoms with Gasteiger partial charge in [-0.25, -0.2) is 22.9 Å². The number of nitrogens with zero attached hydrogens (tertiary/aromatic N) is 3. The molecule has 0 radical (unpaired) electrons. The average molecular weight is 410 g/mol. The molecule has 0 spiro atoms. The molecule has 146 valence electrons. The molecule has 0 bridgehead atoms. The number of anilines is 4. The minimum absolute atomic E-state index is 0.0535. The van der Waals surface area contributed by atoms with Gasteiger partial charge in [-0.3, -0.25) is 4.98 Å². The van der Waals surface area contributed by atoms with E-state index in [1.54, 1.807) is 12.3 Å². The number of pyridine rings is 1. The standard InChI is InChI=1S/C19H15FN6O2S/c20-16-11-23-19(25-13-5-3-6-15(9-13)29(21,27)28)26-18(16)24-14-8-12-4-1-2-7-17(12)22-10-14/h1-11H,(H2,21,27,28)(H2,23,24,25,26). The molecule has 0 saturated carbocycles. The number of benzene rings is 2. The van der Waals surface area contributed by atoms with Gasteiger partial charge >= 0.3 is 0 Å². The molecule has 0 aliphatic heterocycles. The van der Waals surface area contributed by atoms with Crippen LogP contribution in [0.2, 0.25) is 0 Å². The number of nitrogens with two attached hydrogens (primary N) is 1. The van der Waals surface area contributed by atoms with Crippen LogP contribution in [0.25, 0.3) is 10.9 Å². The lowest BCUT2D eigenvalue weighted by Crippen LogP contribution is -2.12. The summed E-state index contributed by atoms with van der Waals surface area (Å²) in [6, 6.07) is 15.2. The summed E-state index contributed by atoms with van der Waals surface area (Å²) in [6.45, 7) is 0. The summed E-state index contributed by atoms with van der Waals surface area (Å²) in [5.41, 5.74) is 1.77. The minimum Gasteiger partial charge on any atom is -0.336 e. The normalized spacial score (nSPS) is 11.4. The van der Waals surface area contributed by atoms with Crippen molar-refractivity contribution in [3.8, 4) is 0 Å². The predicted octanol–water partition coefficient (Wildman–Crippen LogP) is 3.30. The van der Waals surface area contributed by atoms with Gasteiger partial charge in [-0.2, -0.15) is 4.98 Å². The lowest BCUT2D eigenvalue weighted by atomic mass is 10.2. The van der Waals surface area contributed by atoms with Crippen LogP contribution >= 0.6 is 0 Å². The molecule has 2 heterocycles. The fourth-order valence-electron chi connectivity index (χ4n) is 2.67. The number of hydrogen-bond acceptors (Lipinski definition) is 7. The molecule has 4 N–H and O–H groups in total. The van der Waals surface area contributed by atoms with Crippen molar-refractivity contribution in [2.24, 2.45) is 5.14 Å². The Morgan fingerprint density at radius 1 is 0.897 bits per heavy atom. The van der Waals surface area contributed by atoms with E-state index in [0.717, 1.165) is 17.1 Å². The van der Waals surface area contributed by atoms with Gasteiger partial charge in [0.15, 0.2) is 11.6 Å².